The number of aromatic nitrogens is 4. The van der Waals surface area contributed by atoms with Crippen LogP contribution in [0.25, 0.3) is 33.8 Å². The van der Waals surface area contributed by atoms with E-state index in [2.05, 4.69) is 16.3 Å². The van der Waals surface area contributed by atoms with Crippen molar-refractivity contribution in [3.63, 3.8) is 0 Å². The molecule has 0 fully saturated rings. The van der Waals surface area contributed by atoms with Gasteiger partial charge >= 0.3 is 0 Å². The highest BCUT2D eigenvalue weighted by molar-refractivity contribution is 5.78. The van der Waals surface area contributed by atoms with Gasteiger partial charge in [-0.25, -0.2) is 4.39 Å². The summed E-state index contributed by atoms with van der Waals surface area (Å²) < 4.78 is 15.7. The molecule has 7 heteroatoms. The Morgan fingerprint density at radius 3 is 2.26 bits per heavy atom. The van der Waals surface area contributed by atoms with E-state index in [4.69, 9.17) is 5.10 Å². The van der Waals surface area contributed by atoms with Crippen LogP contribution in [0, 0.1) is 12.7 Å². The van der Waals surface area contributed by atoms with E-state index in [0.29, 0.717) is 30.8 Å². The highest BCUT2D eigenvalue weighted by atomic mass is 19.1. The molecular formula is C32H28FN5O. The Morgan fingerprint density at radius 2 is 1.51 bits per heavy atom. The lowest BCUT2D eigenvalue weighted by atomic mass is 10.1. The second kappa shape index (κ2) is 10.6. The topological polar surface area (TPSA) is 63.9 Å². The van der Waals surface area contributed by atoms with Crippen LogP contribution in [0.4, 0.5) is 4.39 Å². The molecule has 0 radical (unpaired) electrons. The van der Waals surface area contributed by atoms with Crippen LogP contribution in [0.2, 0.25) is 0 Å². The number of hydrogen-bond donors (Lipinski definition) is 0. The molecule has 1 aliphatic heterocycles. The lowest BCUT2D eigenvalue weighted by Gasteiger charge is -2.20. The van der Waals surface area contributed by atoms with Crippen LogP contribution in [-0.2, 0) is 24.2 Å². The van der Waals surface area contributed by atoms with E-state index in [-0.39, 0.29) is 18.3 Å². The van der Waals surface area contributed by atoms with Gasteiger partial charge in [0.1, 0.15) is 12.4 Å². The van der Waals surface area contributed by atoms with Gasteiger partial charge < -0.3 is 4.90 Å². The fourth-order valence-electron chi connectivity index (χ4n) is 5.04. The largest absolute Gasteiger partial charge is 0.340 e. The van der Waals surface area contributed by atoms with Gasteiger partial charge in [-0.2, -0.15) is 15.3 Å². The van der Waals surface area contributed by atoms with Crippen molar-refractivity contribution < 1.29 is 9.18 Å². The van der Waals surface area contributed by atoms with E-state index < -0.39 is 0 Å². The molecule has 3 heterocycles. The van der Waals surface area contributed by atoms with Crippen molar-refractivity contribution in [2.75, 3.05) is 13.1 Å². The zero-order chi connectivity index (χ0) is 26.8. The van der Waals surface area contributed by atoms with Crippen LogP contribution in [-0.4, -0.2) is 43.9 Å². The van der Waals surface area contributed by atoms with Crippen LogP contribution >= 0.6 is 0 Å². The number of benzene rings is 3. The molecule has 39 heavy (non-hydrogen) atoms. The molecule has 0 spiro atoms. The van der Waals surface area contributed by atoms with Crippen LogP contribution in [0.1, 0.15) is 16.8 Å². The summed E-state index contributed by atoms with van der Waals surface area (Å²) in [6.07, 6.45) is 1.38. The average Bonchev–Trinajstić information content (AvgIpc) is 3.26. The first-order valence-electron chi connectivity index (χ1n) is 13.1. The molecule has 6 nitrogen and oxygen atoms in total. The number of hydrogen-bond acceptors (Lipinski definition) is 4. The third kappa shape index (κ3) is 5.21. The van der Waals surface area contributed by atoms with Gasteiger partial charge in [0, 0.05) is 30.6 Å². The van der Waals surface area contributed by atoms with Gasteiger partial charge in [0.15, 0.2) is 0 Å². The average molecular weight is 518 g/mol. The molecule has 6 rings (SSSR count). The number of fused-ring (bicyclic) bond motifs is 1. The number of rotatable bonds is 5. The number of nitrogens with zero attached hydrogens (tertiary/aromatic N) is 5. The Bertz CT molecular complexity index is 1630. The van der Waals surface area contributed by atoms with Gasteiger partial charge in [0.2, 0.25) is 5.91 Å². The van der Waals surface area contributed by atoms with Crippen LogP contribution < -0.4 is 0 Å². The Morgan fingerprint density at radius 1 is 0.795 bits per heavy atom. The van der Waals surface area contributed by atoms with Crippen molar-refractivity contribution >= 4 is 5.91 Å². The molecule has 1 amide bonds. The summed E-state index contributed by atoms with van der Waals surface area (Å²) in [5, 5.41) is 13.7. The zero-order valence-electron chi connectivity index (χ0n) is 21.7. The fraction of sp³-hybridized carbons (Fsp3) is 0.188. The number of carbonyl (C=O) groups excluding carboxylic acids is 1. The number of carbonyl (C=O) groups is 1. The molecule has 194 valence electrons. The molecular weight excluding hydrogens is 489 g/mol. The molecule has 3 aromatic carbocycles. The summed E-state index contributed by atoms with van der Waals surface area (Å²) in [5.41, 5.74) is 7.85. The predicted octanol–water partition coefficient (Wildman–Crippen LogP) is 5.75. The number of amides is 1. The lowest BCUT2D eigenvalue weighted by Crippen LogP contribution is -2.36. The van der Waals surface area contributed by atoms with Crippen molar-refractivity contribution in [2.24, 2.45) is 0 Å². The quantitative estimate of drug-likeness (QED) is 0.298. The molecule has 0 atom stereocenters. The third-order valence-corrected chi connectivity index (χ3v) is 7.24. The van der Waals surface area contributed by atoms with Crippen LogP contribution in [0.3, 0.4) is 0 Å². The minimum Gasteiger partial charge on any atom is -0.340 e. The van der Waals surface area contributed by atoms with Gasteiger partial charge in [-0.05, 0) is 60.4 Å². The summed E-state index contributed by atoms with van der Waals surface area (Å²) >= 11 is 0. The SMILES string of the molecule is Cc1cc(-c2cc(-c3ccccc3)n(CC(=O)N3CCc4cc(-c5ccccc5)nnc4CC3)n2)ccc1F. The standard InChI is InChI=1S/C32H28FN5O/c1-22-18-25(12-13-27(22)33)30-20-31(24-10-6-3-7-11-24)38(36-30)21-32(39)37-16-14-26-19-29(23-8-4-2-5-9-23)35-34-28(26)15-17-37/h2-13,18-20H,14-17,21H2,1H3. The van der Waals surface area contributed by atoms with Crippen molar-refractivity contribution in [1.29, 1.82) is 0 Å². The fourth-order valence-corrected chi connectivity index (χ4v) is 5.04. The Labute approximate surface area is 226 Å². The Balaban J connectivity index is 1.24. The molecule has 0 aliphatic carbocycles. The number of halogens is 1. The van der Waals surface area contributed by atoms with Gasteiger partial charge in [-0.1, -0.05) is 60.7 Å². The summed E-state index contributed by atoms with van der Waals surface area (Å²) in [6, 6.07) is 28.9. The van der Waals surface area contributed by atoms with Crippen molar-refractivity contribution in [3.05, 3.63) is 114 Å². The van der Waals surface area contributed by atoms with Gasteiger partial charge in [0.25, 0.3) is 0 Å². The van der Waals surface area contributed by atoms with E-state index in [1.807, 2.05) is 71.6 Å². The first-order valence-corrected chi connectivity index (χ1v) is 13.1. The summed E-state index contributed by atoms with van der Waals surface area (Å²) in [5.74, 6) is -0.249. The van der Waals surface area contributed by atoms with Crippen LogP contribution in [0.15, 0.2) is 91.0 Å². The summed E-state index contributed by atoms with van der Waals surface area (Å²) in [6.45, 7) is 3.04. The van der Waals surface area contributed by atoms with Gasteiger partial charge in [-0.3, -0.25) is 9.48 Å². The molecule has 0 saturated heterocycles. The highest BCUT2D eigenvalue weighted by Crippen LogP contribution is 2.28. The molecule has 0 saturated carbocycles. The second-order valence-electron chi connectivity index (χ2n) is 9.85. The predicted molar refractivity (Wildman–Crippen MR) is 149 cm³/mol. The summed E-state index contributed by atoms with van der Waals surface area (Å²) in [7, 11) is 0. The molecule has 1 aliphatic rings. The highest BCUT2D eigenvalue weighted by Gasteiger charge is 2.22. The van der Waals surface area contributed by atoms with E-state index in [9.17, 15) is 9.18 Å². The zero-order valence-corrected chi connectivity index (χ0v) is 21.7. The molecule has 0 unspecified atom stereocenters. The van der Waals surface area contributed by atoms with Crippen molar-refractivity contribution in [2.45, 2.75) is 26.3 Å². The monoisotopic (exact) mass is 517 g/mol. The van der Waals surface area contributed by atoms with Crippen LogP contribution in [0.5, 0.6) is 0 Å². The molecule has 5 aromatic rings. The second-order valence-corrected chi connectivity index (χ2v) is 9.85. The smallest absolute Gasteiger partial charge is 0.244 e. The van der Waals surface area contributed by atoms with E-state index in [1.165, 1.54) is 6.07 Å². The maximum atomic E-state index is 13.9. The maximum absolute atomic E-state index is 13.9. The number of aryl methyl sites for hydroxylation is 1. The molecule has 0 N–H and O–H groups in total. The van der Waals surface area contributed by atoms with E-state index in [1.54, 1.807) is 23.7 Å². The maximum Gasteiger partial charge on any atom is 0.244 e. The molecule has 0 bridgehead atoms. The van der Waals surface area contributed by atoms with Crippen molar-refractivity contribution in [1.82, 2.24) is 24.9 Å². The normalized spacial score (nSPS) is 13.1. The molecule has 2 aromatic heterocycles. The third-order valence-electron chi connectivity index (χ3n) is 7.24. The van der Waals surface area contributed by atoms with Crippen molar-refractivity contribution in [3.8, 4) is 33.8 Å². The first-order chi connectivity index (χ1) is 19.0. The summed E-state index contributed by atoms with van der Waals surface area (Å²) in [4.78, 5) is 15.5. The minimum atomic E-state index is -0.251. The van der Waals surface area contributed by atoms with Gasteiger partial charge in [0.05, 0.1) is 22.8 Å². The lowest BCUT2D eigenvalue weighted by molar-refractivity contribution is -0.131. The van der Waals surface area contributed by atoms with Gasteiger partial charge in [-0.15, -0.1) is 0 Å². The first kappa shape index (κ1) is 24.7. The Kier molecular flexibility index (Phi) is 6.71. The Hall–Kier alpha value is -4.65. The minimum absolute atomic E-state index is 0.00108. The van der Waals surface area contributed by atoms with E-state index >= 15 is 0 Å². The van der Waals surface area contributed by atoms with E-state index in [0.717, 1.165) is 45.8 Å².